The number of aliphatic hydroxyl groups excluding tert-OH is 1. The second kappa shape index (κ2) is 5.52. The molecule has 102 valence electrons. The second-order valence-corrected chi connectivity index (χ2v) is 5.29. The monoisotopic (exact) mass is 289 g/mol. The minimum absolute atomic E-state index is 0.213. The molecule has 0 saturated carbocycles. The van der Waals surface area contributed by atoms with Gasteiger partial charge in [-0.15, -0.1) is 16.4 Å². The van der Waals surface area contributed by atoms with Gasteiger partial charge in [0.2, 0.25) is 0 Å². The van der Waals surface area contributed by atoms with E-state index in [1.165, 1.54) is 10.7 Å². The number of hydrogen-bond donors (Lipinski definition) is 1. The Bertz CT molecular complexity index is 709. The van der Waals surface area contributed by atoms with Gasteiger partial charge in [-0.2, -0.15) is 0 Å². The van der Waals surface area contributed by atoms with Crippen LogP contribution in [-0.4, -0.2) is 20.1 Å². The molecule has 0 bridgehead atoms. The number of rotatable bonds is 4. The van der Waals surface area contributed by atoms with Crippen LogP contribution in [0.25, 0.3) is 5.69 Å². The summed E-state index contributed by atoms with van der Waals surface area (Å²) in [5.74, 6) is -0.366. The zero-order valence-corrected chi connectivity index (χ0v) is 11.3. The van der Waals surface area contributed by atoms with Crippen LogP contribution >= 0.6 is 11.3 Å². The molecule has 0 aliphatic rings. The van der Waals surface area contributed by atoms with E-state index >= 15 is 0 Å². The Morgan fingerprint density at radius 3 is 2.75 bits per heavy atom. The second-order valence-electron chi connectivity index (χ2n) is 4.26. The van der Waals surface area contributed by atoms with Gasteiger partial charge in [-0.3, -0.25) is 0 Å². The zero-order valence-electron chi connectivity index (χ0n) is 10.5. The lowest BCUT2D eigenvalue weighted by Crippen LogP contribution is -2.06. The van der Waals surface area contributed by atoms with E-state index in [9.17, 15) is 9.50 Å². The van der Waals surface area contributed by atoms with Gasteiger partial charge in [-0.25, -0.2) is 9.07 Å². The lowest BCUT2D eigenvalue weighted by molar-refractivity contribution is 0.275. The van der Waals surface area contributed by atoms with Gasteiger partial charge in [0.1, 0.15) is 17.2 Å². The first-order chi connectivity index (χ1) is 9.79. The van der Waals surface area contributed by atoms with E-state index in [1.54, 1.807) is 29.5 Å². The van der Waals surface area contributed by atoms with E-state index in [2.05, 4.69) is 10.3 Å². The van der Waals surface area contributed by atoms with Crippen LogP contribution in [0, 0.1) is 5.82 Å². The van der Waals surface area contributed by atoms with Crippen LogP contribution in [0.3, 0.4) is 0 Å². The number of aliphatic hydroxyl groups is 1. The first-order valence-electron chi connectivity index (χ1n) is 6.11. The Labute approximate surface area is 119 Å². The van der Waals surface area contributed by atoms with Crippen molar-refractivity contribution in [3.8, 4) is 5.69 Å². The smallest absolute Gasteiger partial charge is 0.148 e. The number of nitrogens with zero attached hydrogens (tertiary/aromatic N) is 3. The van der Waals surface area contributed by atoms with E-state index in [4.69, 9.17) is 0 Å². The summed E-state index contributed by atoms with van der Waals surface area (Å²) >= 11 is 1.60. The number of hydrogen-bond acceptors (Lipinski definition) is 4. The fourth-order valence-corrected chi connectivity index (χ4v) is 2.74. The molecular formula is C14H12FN3OS. The summed E-state index contributed by atoms with van der Waals surface area (Å²) in [6.07, 6.45) is 0.564. The summed E-state index contributed by atoms with van der Waals surface area (Å²) in [6.45, 7) is -0.213. The topological polar surface area (TPSA) is 50.9 Å². The maximum atomic E-state index is 13.9. The van der Waals surface area contributed by atoms with Crippen LogP contribution in [0.4, 0.5) is 4.39 Å². The summed E-state index contributed by atoms with van der Waals surface area (Å²) in [6, 6.07) is 10.3. The van der Waals surface area contributed by atoms with Crippen LogP contribution in [0.2, 0.25) is 0 Å². The van der Waals surface area contributed by atoms with Crippen molar-refractivity contribution in [1.29, 1.82) is 0 Å². The fourth-order valence-electron chi connectivity index (χ4n) is 2.03. The van der Waals surface area contributed by atoms with Crippen LogP contribution in [0.5, 0.6) is 0 Å². The Kier molecular flexibility index (Phi) is 3.58. The van der Waals surface area contributed by atoms with E-state index in [-0.39, 0.29) is 12.4 Å². The van der Waals surface area contributed by atoms with Gasteiger partial charge in [0.25, 0.3) is 0 Å². The third-order valence-electron chi connectivity index (χ3n) is 3.00. The SMILES string of the molecule is OCc1nnn(-c2ccccc2F)c1Cc1cccs1. The van der Waals surface area contributed by atoms with Gasteiger partial charge in [0.15, 0.2) is 0 Å². The molecular weight excluding hydrogens is 277 g/mol. The summed E-state index contributed by atoms with van der Waals surface area (Å²) in [7, 11) is 0. The molecule has 0 spiro atoms. The maximum absolute atomic E-state index is 13.9. The standard InChI is InChI=1S/C14H12FN3OS/c15-11-5-1-2-6-13(11)18-14(12(9-19)16-17-18)8-10-4-3-7-20-10/h1-7,19H,8-9H2. The lowest BCUT2D eigenvalue weighted by Gasteiger charge is -2.07. The van der Waals surface area contributed by atoms with Crippen molar-refractivity contribution in [1.82, 2.24) is 15.0 Å². The molecule has 0 amide bonds. The first-order valence-corrected chi connectivity index (χ1v) is 6.99. The predicted molar refractivity (Wildman–Crippen MR) is 74.4 cm³/mol. The van der Waals surface area contributed by atoms with Gasteiger partial charge in [0, 0.05) is 11.3 Å². The van der Waals surface area contributed by atoms with Crippen molar-refractivity contribution in [2.45, 2.75) is 13.0 Å². The highest BCUT2D eigenvalue weighted by atomic mass is 32.1. The van der Waals surface area contributed by atoms with E-state index in [0.717, 1.165) is 4.88 Å². The average molecular weight is 289 g/mol. The summed E-state index contributed by atoms with van der Waals surface area (Å²) in [4.78, 5) is 1.11. The van der Waals surface area contributed by atoms with Gasteiger partial charge in [0.05, 0.1) is 12.3 Å². The zero-order chi connectivity index (χ0) is 13.9. The highest BCUT2D eigenvalue weighted by molar-refractivity contribution is 7.09. The molecule has 2 heterocycles. The Morgan fingerprint density at radius 2 is 2.05 bits per heavy atom. The van der Waals surface area contributed by atoms with Gasteiger partial charge in [-0.1, -0.05) is 23.4 Å². The quantitative estimate of drug-likeness (QED) is 0.803. The van der Waals surface area contributed by atoms with Crippen molar-refractivity contribution in [2.75, 3.05) is 0 Å². The van der Waals surface area contributed by atoms with Crippen molar-refractivity contribution in [3.63, 3.8) is 0 Å². The maximum Gasteiger partial charge on any atom is 0.148 e. The molecule has 0 aliphatic carbocycles. The molecule has 0 atom stereocenters. The average Bonchev–Trinajstić information content (AvgIpc) is 3.10. The van der Waals surface area contributed by atoms with Crippen molar-refractivity contribution >= 4 is 11.3 Å². The molecule has 0 fully saturated rings. The molecule has 0 radical (unpaired) electrons. The molecule has 3 aromatic rings. The van der Waals surface area contributed by atoms with Crippen LogP contribution in [0.1, 0.15) is 16.3 Å². The van der Waals surface area contributed by atoms with E-state index in [1.807, 2.05) is 17.5 Å². The number of benzene rings is 1. The largest absolute Gasteiger partial charge is 0.390 e. The van der Waals surface area contributed by atoms with Crippen LogP contribution < -0.4 is 0 Å². The number of halogens is 1. The van der Waals surface area contributed by atoms with E-state index in [0.29, 0.717) is 23.5 Å². The molecule has 1 aromatic carbocycles. The van der Waals surface area contributed by atoms with Crippen molar-refractivity contribution in [2.24, 2.45) is 0 Å². The highest BCUT2D eigenvalue weighted by Gasteiger charge is 2.16. The minimum Gasteiger partial charge on any atom is -0.390 e. The third-order valence-corrected chi connectivity index (χ3v) is 3.87. The number of aromatic nitrogens is 3. The molecule has 3 rings (SSSR count). The van der Waals surface area contributed by atoms with Gasteiger partial charge in [-0.05, 0) is 23.6 Å². The summed E-state index contributed by atoms with van der Waals surface area (Å²) in [5, 5.41) is 19.3. The lowest BCUT2D eigenvalue weighted by atomic mass is 10.2. The first kappa shape index (κ1) is 13.0. The Hall–Kier alpha value is -2.05. The fraction of sp³-hybridized carbons (Fsp3) is 0.143. The van der Waals surface area contributed by atoms with Gasteiger partial charge >= 0.3 is 0 Å². The number of para-hydroxylation sites is 1. The molecule has 6 heteroatoms. The molecule has 0 unspecified atom stereocenters. The summed E-state index contributed by atoms with van der Waals surface area (Å²) in [5.41, 5.74) is 1.52. The summed E-state index contributed by atoms with van der Waals surface area (Å²) < 4.78 is 15.4. The Morgan fingerprint density at radius 1 is 1.20 bits per heavy atom. The molecule has 2 aromatic heterocycles. The molecule has 0 saturated heterocycles. The van der Waals surface area contributed by atoms with Crippen LogP contribution in [-0.2, 0) is 13.0 Å². The normalized spacial score (nSPS) is 10.9. The minimum atomic E-state index is -0.366. The molecule has 20 heavy (non-hydrogen) atoms. The number of thiophene rings is 1. The molecule has 0 aliphatic heterocycles. The van der Waals surface area contributed by atoms with Crippen LogP contribution in [0.15, 0.2) is 41.8 Å². The van der Waals surface area contributed by atoms with Gasteiger partial charge < -0.3 is 5.11 Å². The van der Waals surface area contributed by atoms with Crippen molar-refractivity contribution < 1.29 is 9.50 Å². The molecule has 4 nitrogen and oxygen atoms in total. The van der Waals surface area contributed by atoms with Crippen molar-refractivity contribution in [3.05, 3.63) is 63.9 Å². The highest BCUT2D eigenvalue weighted by Crippen LogP contribution is 2.21. The Balaban J connectivity index is 2.08. The van der Waals surface area contributed by atoms with E-state index < -0.39 is 0 Å². The third kappa shape index (κ3) is 2.35. The predicted octanol–water partition coefficient (Wildman–Crippen LogP) is 2.55. The molecule has 1 N–H and O–H groups in total.